The molecular formula is C15H24N4O2. The first-order valence-electron chi connectivity index (χ1n) is 7.35. The Balaban J connectivity index is 2.21. The summed E-state index contributed by atoms with van der Waals surface area (Å²) in [7, 11) is 3.95. The Kier molecular flexibility index (Phi) is 5.14. The van der Waals surface area contributed by atoms with Crippen molar-refractivity contribution in [2.45, 2.75) is 25.5 Å². The third-order valence-electron chi connectivity index (χ3n) is 3.61. The van der Waals surface area contributed by atoms with Gasteiger partial charge in [-0.3, -0.25) is 4.79 Å². The smallest absolute Gasteiger partial charge is 0.257 e. The molecule has 0 spiro atoms. The lowest BCUT2D eigenvalue weighted by Gasteiger charge is -2.27. The first-order valence-corrected chi connectivity index (χ1v) is 7.35. The van der Waals surface area contributed by atoms with E-state index in [0.717, 1.165) is 6.54 Å². The molecular weight excluding hydrogens is 268 g/mol. The molecule has 1 aromatic rings. The molecule has 1 aliphatic heterocycles. The molecule has 2 rings (SSSR count). The van der Waals surface area contributed by atoms with Gasteiger partial charge in [0.05, 0.1) is 11.7 Å². The van der Waals surface area contributed by atoms with E-state index >= 15 is 0 Å². The molecule has 0 saturated carbocycles. The minimum atomic E-state index is -0.446. The van der Waals surface area contributed by atoms with Crippen molar-refractivity contribution in [1.82, 2.24) is 14.8 Å². The molecule has 6 nitrogen and oxygen atoms in total. The average molecular weight is 292 g/mol. The van der Waals surface area contributed by atoms with Gasteiger partial charge in [0.2, 0.25) is 0 Å². The fourth-order valence-corrected chi connectivity index (χ4v) is 2.78. The normalized spacial score (nSPS) is 21.9. The molecule has 0 bridgehead atoms. The lowest BCUT2D eigenvalue weighted by molar-refractivity contribution is 0.0700. The second-order valence-corrected chi connectivity index (χ2v) is 5.69. The van der Waals surface area contributed by atoms with Gasteiger partial charge in [-0.2, -0.15) is 0 Å². The van der Waals surface area contributed by atoms with Gasteiger partial charge >= 0.3 is 0 Å². The average Bonchev–Trinajstić information content (AvgIpc) is 2.79. The summed E-state index contributed by atoms with van der Waals surface area (Å²) in [4.78, 5) is 20.8. The number of likely N-dealkylation sites (tertiary alicyclic amines) is 1. The van der Waals surface area contributed by atoms with Crippen molar-refractivity contribution in [2.75, 3.05) is 39.0 Å². The van der Waals surface area contributed by atoms with Crippen LogP contribution in [0.3, 0.4) is 0 Å². The molecule has 2 unspecified atom stereocenters. The van der Waals surface area contributed by atoms with Gasteiger partial charge in [0.1, 0.15) is 5.82 Å². The molecule has 1 saturated heterocycles. The first kappa shape index (κ1) is 15.7. The predicted molar refractivity (Wildman–Crippen MR) is 82.4 cm³/mol. The number of anilines is 1. The van der Waals surface area contributed by atoms with Crippen molar-refractivity contribution >= 4 is 11.7 Å². The van der Waals surface area contributed by atoms with Crippen molar-refractivity contribution in [3.63, 3.8) is 0 Å². The van der Waals surface area contributed by atoms with Crippen molar-refractivity contribution in [2.24, 2.45) is 0 Å². The molecule has 1 aliphatic rings. The third kappa shape index (κ3) is 3.71. The summed E-state index contributed by atoms with van der Waals surface area (Å²) in [5.41, 5.74) is 0.567. The predicted octanol–water partition coefficient (Wildman–Crippen LogP) is 0.650. The summed E-state index contributed by atoms with van der Waals surface area (Å²) in [6.07, 6.45) is 1.85. The van der Waals surface area contributed by atoms with E-state index in [4.69, 9.17) is 0 Å². The number of amides is 1. The van der Waals surface area contributed by atoms with E-state index < -0.39 is 6.10 Å². The molecule has 1 amide bonds. The van der Waals surface area contributed by atoms with Gasteiger partial charge in [0.15, 0.2) is 0 Å². The van der Waals surface area contributed by atoms with Crippen LogP contribution in [0.1, 0.15) is 23.7 Å². The number of carbonyl (C=O) groups is 1. The standard InChI is InChI=1S/C15H24N4O2/c1-4-16-14-13(6-5-7-17-14)15(21)19-10-12(20)8-11(19)9-18(2)3/h5-7,11-12,20H,4,8-10H2,1-3H3,(H,16,17). The molecule has 0 aromatic carbocycles. The van der Waals surface area contributed by atoms with Crippen LogP contribution in [-0.4, -0.2) is 71.7 Å². The monoisotopic (exact) mass is 292 g/mol. The lowest BCUT2D eigenvalue weighted by Crippen LogP contribution is -2.41. The Hall–Kier alpha value is -1.66. The first-order chi connectivity index (χ1) is 10.0. The Labute approximate surface area is 125 Å². The second kappa shape index (κ2) is 6.87. The zero-order chi connectivity index (χ0) is 15.4. The number of aliphatic hydroxyl groups is 1. The van der Waals surface area contributed by atoms with Gasteiger partial charge in [0.25, 0.3) is 5.91 Å². The van der Waals surface area contributed by atoms with Crippen LogP contribution in [0, 0.1) is 0 Å². The maximum Gasteiger partial charge on any atom is 0.257 e. The topological polar surface area (TPSA) is 68.7 Å². The van der Waals surface area contributed by atoms with Crippen LogP contribution in [0.15, 0.2) is 18.3 Å². The van der Waals surface area contributed by atoms with Crippen LogP contribution in [0.25, 0.3) is 0 Å². The molecule has 116 valence electrons. The van der Waals surface area contributed by atoms with Gasteiger partial charge in [-0.1, -0.05) is 0 Å². The van der Waals surface area contributed by atoms with Gasteiger partial charge in [0, 0.05) is 31.9 Å². The van der Waals surface area contributed by atoms with E-state index in [-0.39, 0.29) is 11.9 Å². The summed E-state index contributed by atoms with van der Waals surface area (Å²) >= 11 is 0. The zero-order valence-electron chi connectivity index (χ0n) is 12.9. The zero-order valence-corrected chi connectivity index (χ0v) is 12.9. The minimum absolute atomic E-state index is 0.0391. The quantitative estimate of drug-likeness (QED) is 0.834. The number of likely N-dealkylation sites (N-methyl/N-ethyl adjacent to an activating group) is 1. The van der Waals surface area contributed by atoms with E-state index in [9.17, 15) is 9.90 Å². The van der Waals surface area contributed by atoms with Crippen molar-refractivity contribution in [3.8, 4) is 0 Å². The Bertz CT molecular complexity index is 492. The maximum absolute atomic E-state index is 12.8. The van der Waals surface area contributed by atoms with E-state index in [1.165, 1.54) is 0 Å². The van der Waals surface area contributed by atoms with Crippen LogP contribution in [0.5, 0.6) is 0 Å². The van der Waals surface area contributed by atoms with E-state index in [0.29, 0.717) is 30.9 Å². The molecule has 6 heteroatoms. The Morgan fingerprint density at radius 1 is 1.57 bits per heavy atom. The number of nitrogens with one attached hydrogen (secondary N) is 1. The number of aromatic nitrogens is 1. The number of β-amino-alcohol motifs (C(OH)–C–C–N with tert-alkyl or cyclic N) is 1. The highest BCUT2D eigenvalue weighted by molar-refractivity contribution is 5.99. The van der Waals surface area contributed by atoms with Crippen LogP contribution in [0.2, 0.25) is 0 Å². The molecule has 1 aromatic heterocycles. The summed E-state index contributed by atoms with van der Waals surface area (Å²) in [5, 5.41) is 13.0. The Morgan fingerprint density at radius 3 is 3.00 bits per heavy atom. The molecule has 2 N–H and O–H groups in total. The highest BCUT2D eigenvalue weighted by Gasteiger charge is 2.35. The van der Waals surface area contributed by atoms with E-state index in [1.807, 2.05) is 25.9 Å². The van der Waals surface area contributed by atoms with Crippen molar-refractivity contribution in [1.29, 1.82) is 0 Å². The summed E-state index contributed by atoms with van der Waals surface area (Å²) in [6, 6.07) is 3.59. The molecule has 2 heterocycles. The SMILES string of the molecule is CCNc1ncccc1C(=O)N1CC(O)CC1CN(C)C. The van der Waals surface area contributed by atoms with Gasteiger partial charge in [-0.25, -0.2) is 4.98 Å². The van der Waals surface area contributed by atoms with Crippen molar-refractivity contribution in [3.05, 3.63) is 23.9 Å². The fourth-order valence-electron chi connectivity index (χ4n) is 2.78. The van der Waals surface area contributed by atoms with Crippen LogP contribution in [0.4, 0.5) is 5.82 Å². The summed E-state index contributed by atoms with van der Waals surface area (Å²) < 4.78 is 0. The minimum Gasteiger partial charge on any atom is -0.391 e. The van der Waals surface area contributed by atoms with E-state index in [2.05, 4.69) is 10.3 Å². The van der Waals surface area contributed by atoms with E-state index in [1.54, 1.807) is 23.2 Å². The molecule has 0 radical (unpaired) electrons. The highest BCUT2D eigenvalue weighted by Crippen LogP contribution is 2.23. The lowest BCUT2D eigenvalue weighted by atomic mass is 10.1. The van der Waals surface area contributed by atoms with Crippen molar-refractivity contribution < 1.29 is 9.90 Å². The number of rotatable bonds is 5. The molecule has 0 aliphatic carbocycles. The number of carbonyl (C=O) groups excluding carboxylic acids is 1. The molecule has 1 fully saturated rings. The number of aliphatic hydroxyl groups excluding tert-OH is 1. The third-order valence-corrected chi connectivity index (χ3v) is 3.61. The van der Waals surface area contributed by atoms with Gasteiger partial charge in [-0.05, 0) is 39.6 Å². The summed E-state index contributed by atoms with van der Waals surface area (Å²) in [5.74, 6) is 0.539. The number of nitrogens with zero attached hydrogens (tertiary/aromatic N) is 3. The van der Waals surface area contributed by atoms with Crippen LogP contribution < -0.4 is 5.32 Å². The summed E-state index contributed by atoms with van der Waals surface area (Å²) in [6.45, 7) is 3.82. The number of pyridine rings is 1. The molecule has 21 heavy (non-hydrogen) atoms. The van der Waals surface area contributed by atoms with Gasteiger partial charge in [-0.15, -0.1) is 0 Å². The number of hydrogen-bond donors (Lipinski definition) is 2. The maximum atomic E-state index is 12.8. The van der Waals surface area contributed by atoms with Crippen LogP contribution in [-0.2, 0) is 0 Å². The Morgan fingerprint density at radius 2 is 2.33 bits per heavy atom. The van der Waals surface area contributed by atoms with Crippen LogP contribution >= 0.6 is 0 Å². The van der Waals surface area contributed by atoms with Gasteiger partial charge < -0.3 is 20.2 Å². The highest BCUT2D eigenvalue weighted by atomic mass is 16.3. The fraction of sp³-hybridized carbons (Fsp3) is 0.600. The second-order valence-electron chi connectivity index (χ2n) is 5.69. The largest absolute Gasteiger partial charge is 0.391 e. The molecule has 2 atom stereocenters. The number of hydrogen-bond acceptors (Lipinski definition) is 5.